The first-order valence-electron chi connectivity index (χ1n) is 5.40. The molecule has 1 saturated carbocycles. The Kier molecular flexibility index (Phi) is 3.18. The fraction of sp³-hybridized carbons (Fsp3) is 0.250. The molecule has 1 N–H and O–H groups in total. The van der Waals surface area contributed by atoms with E-state index in [4.69, 9.17) is 0 Å². The number of hydrogen-bond acceptors (Lipinski definition) is 4. The molecule has 0 radical (unpaired) electrons. The number of non-ortho nitro benzene ring substituents is 1. The Morgan fingerprint density at radius 3 is 2.47 bits per heavy atom. The van der Waals surface area contributed by atoms with Crippen LogP contribution < -0.4 is 5.32 Å². The molecule has 0 atom stereocenters. The zero-order valence-corrected chi connectivity index (χ0v) is 9.18. The molecular weight excluding hydrogens is 220 g/mol. The Bertz CT molecular complexity index is 477. The van der Waals surface area contributed by atoms with Gasteiger partial charge in [0.25, 0.3) is 5.69 Å². The SMILES string of the molecule is O=C1CCC/C1=C\Nc1ccc([N+](=O)[O-])cc1. The summed E-state index contributed by atoms with van der Waals surface area (Å²) in [5.74, 6) is 0.180. The predicted molar refractivity (Wildman–Crippen MR) is 63.7 cm³/mol. The van der Waals surface area contributed by atoms with Gasteiger partial charge in [0.1, 0.15) is 0 Å². The molecule has 2 rings (SSSR count). The fourth-order valence-electron chi connectivity index (χ4n) is 1.74. The number of Topliss-reactive ketones (excluding diaryl/α,β-unsaturated/α-hetero) is 1. The summed E-state index contributed by atoms with van der Waals surface area (Å²) < 4.78 is 0. The number of rotatable bonds is 3. The highest BCUT2D eigenvalue weighted by Crippen LogP contribution is 2.21. The molecule has 1 aliphatic carbocycles. The number of nitrogens with one attached hydrogen (secondary N) is 1. The molecule has 1 aromatic carbocycles. The highest BCUT2D eigenvalue weighted by molar-refractivity contribution is 5.97. The van der Waals surface area contributed by atoms with Gasteiger partial charge >= 0.3 is 0 Å². The Balaban J connectivity index is 2.04. The van der Waals surface area contributed by atoms with E-state index in [9.17, 15) is 14.9 Å². The third-order valence-electron chi connectivity index (χ3n) is 2.70. The minimum atomic E-state index is -0.442. The van der Waals surface area contributed by atoms with Crippen LogP contribution in [0.3, 0.4) is 0 Å². The van der Waals surface area contributed by atoms with Gasteiger partial charge in [-0.15, -0.1) is 0 Å². The quantitative estimate of drug-likeness (QED) is 0.494. The summed E-state index contributed by atoms with van der Waals surface area (Å²) in [5, 5.41) is 13.4. The van der Waals surface area contributed by atoms with Gasteiger partial charge < -0.3 is 5.32 Å². The first-order valence-corrected chi connectivity index (χ1v) is 5.40. The number of carbonyl (C=O) groups is 1. The van der Waals surface area contributed by atoms with Crippen LogP contribution in [0.2, 0.25) is 0 Å². The smallest absolute Gasteiger partial charge is 0.269 e. The summed E-state index contributed by atoms with van der Waals surface area (Å²) in [6.07, 6.45) is 4.02. The fourth-order valence-corrected chi connectivity index (χ4v) is 1.74. The van der Waals surface area contributed by atoms with E-state index in [2.05, 4.69) is 5.32 Å². The molecule has 0 unspecified atom stereocenters. The summed E-state index contributed by atoms with van der Waals surface area (Å²) in [4.78, 5) is 21.4. The molecule has 0 spiro atoms. The van der Waals surface area contributed by atoms with E-state index in [0.717, 1.165) is 24.1 Å². The van der Waals surface area contributed by atoms with Crippen LogP contribution in [0, 0.1) is 10.1 Å². The van der Waals surface area contributed by atoms with E-state index in [1.165, 1.54) is 12.1 Å². The zero-order chi connectivity index (χ0) is 12.3. The van der Waals surface area contributed by atoms with E-state index < -0.39 is 4.92 Å². The van der Waals surface area contributed by atoms with E-state index in [0.29, 0.717) is 6.42 Å². The number of nitrogens with zero attached hydrogens (tertiary/aromatic N) is 1. The number of allylic oxidation sites excluding steroid dienone is 1. The number of carbonyl (C=O) groups excluding carboxylic acids is 1. The number of ketones is 1. The van der Waals surface area contributed by atoms with Crippen molar-refractivity contribution in [3.05, 3.63) is 46.2 Å². The number of hydrogen-bond donors (Lipinski definition) is 1. The molecule has 5 nitrogen and oxygen atoms in total. The van der Waals surface area contributed by atoms with Gasteiger partial charge in [-0.3, -0.25) is 14.9 Å². The summed E-state index contributed by atoms with van der Waals surface area (Å²) in [6, 6.07) is 6.10. The Morgan fingerprint density at radius 1 is 1.24 bits per heavy atom. The molecule has 0 saturated heterocycles. The molecule has 17 heavy (non-hydrogen) atoms. The van der Waals surface area contributed by atoms with Crippen LogP contribution in [0.1, 0.15) is 19.3 Å². The molecule has 88 valence electrons. The molecule has 0 amide bonds. The number of benzene rings is 1. The van der Waals surface area contributed by atoms with Crippen molar-refractivity contribution in [1.29, 1.82) is 0 Å². The highest BCUT2D eigenvalue weighted by atomic mass is 16.6. The lowest BCUT2D eigenvalue weighted by atomic mass is 10.2. The standard InChI is InChI=1S/C12H12N2O3/c15-12-3-1-2-9(12)8-13-10-4-6-11(7-5-10)14(16)17/h4-8,13H,1-3H2/b9-8+. The average Bonchev–Trinajstić information content (AvgIpc) is 2.73. The predicted octanol–water partition coefficient (Wildman–Crippen LogP) is 2.64. The second-order valence-corrected chi connectivity index (χ2v) is 3.89. The van der Waals surface area contributed by atoms with Gasteiger partial charge in [0, 0.05) is 36.0 Å². The van der Waals surface area contributed by atoms with Gasteiger partial charge in [0.15, 0.2) is 5.78 Å². The first-order chi connectivity index (χ1) is 8.16. The molecular formula is C12H12N2O3. The average molecular weight is 232 g/mol. The number of anilines is 1. The van der Waals surface area contributed by atoms with E-state index in [1.54, 1.807) is 18.3 Å². The van der Waals surface area contributed by atoms with Crippen LogP contribution in [0.25, 0.3) is 0 Å². The lowest BCUT2D eigenvalue weighted by Crippen LogP contribution is -1.96. The van der Waals surface area contributed by atoms with Crippen molar-refractivity contribution in [3.63, 3.8) is 0 Å². The Morgan fingerprint density at radius 2 is 1.94 bits per heavy atom. The topological polar surface area (TPSA) is 72.2 Å². The molecule has 5 heteroatoms. The minimum Gasteiger partial charge on any atom is -0.361 e. The molecule has 1 aromatic rings. The van der Waals surface area contributed by atoms with Crippen molar-refractivity contribution in [1.82, 2.24) is 0 Å². The van der Waals surface area contributed by atoms with Gasteiger partial charge in [0.2, 0.25) is 0 Å². The van der Waals surface area contributed by atoms with Crippen molar-refractivity contribution in [3.8, 4) is 0 Å². The molecule has 1 aliphatic rings. The maximum atomic E-state index is 11.3. The van der Waals surface area contributed by atoms with Crippen molar-refractivity contribution in [2.24, 2.45) is 0 Å². The Hall–Kier alpha value is -2.17. The monoisotopic (exact) mass is 232 g/mol. The lowest BCUT2D eigenvalue weighted by molar-refractivity contribution is -0.384. The zero-order valence-electron chi connectivity index (χ0n) is 9.18. The van der Waals surface area contributed by atoms with Crippen LogP contribution in [0.5, 0.6) is 0 Å². The molecule has 1 fully saturated rings. The number of nitro benzene ring substituents is 1. The normalized spacial score (nSPS) is 17.4. The molecule has 0 aromatic heterocycles. The third-order valence-corrected chi connectivity index (χ3v) is 2.70. The van der Waals surface area contributed by atoms with Crippen LogP contribution in [-0.4, -0.2) is 10.7 Å². The maximum absolute atomic E-state index is 11.3. The summed E-state index contributed by atoms with van der Waals surface area (Å²) in [5.41, 5.74) is 1.59. The van der Waals surface area contributed by atoms with Gasteiger partial charge in [-0.1, -0.05) is 0 Å². The summed E-state index contributed by atoms with van der Waals surface area (Å²) in [6.45, 7) is 0. The van der Waals surface area contributed by atoms with Crippen LogP contribution in [0.4, 0.5) is 11.4 Å². The molecule has 0 bridgehead atoms. The van der Waals surface area contributed by atoms with E-state index >= 15 is 0 Å². The van der Waals surface area contributed by atoms with Gasteiger partial charge in [-0.25, -0.2) is 0 Å². The lowest BCUT2D eigenvalue weighted by Gasteiger charge is -2.01. The van der Waals surface area contributed by atoms with Gasteiger partial charge in [0.05, 0.1) is 4.92 Å². The van der Waals surface area contributed by atoms with Gasteiger partial charge in [-0.05, 0) is 25.0 Å². The maximum Gasteiger partial charge on any atom is 0.269 e. The second kappa shape index (κ2) is 4.78. The van der Waals surface area contributed by atoms with E-state index in [1.807, 2.05) is 0 Å². The number of nitro groups is 1. The Labute approximate surface area is 98.3 Å². The molecule has 0 aliphatic heterocycles. The van der Waals surface area contributed by atoms with Gasteiger partial charge in [-0.2, -0.15) is 0 Å². The highest BCUT2D eigenvalue weighted by Gasteiger charge is 2.16. The first kappa shape index (κ1) is 11.3. The van der Waals surface area contributed by atoms with Crippen LogP contribution >= 0.6 is 0 Å². The van der Waals surface area contributed by atoms with Crippen molar-refractivity contribution >= 4 is 17.2 Å². The van der Waals surface area contributed by atoms with Crippen molar-refractivity contribution in [2.75, 3.05) is 5.32 Å². The van der Waals surface area contributed by atoms with Crippen LogP contribution in [0.15, 0.2) is 36.0 Å². The second-order valence-electron chi connectivity index (χ2n) is 3.89. The van der Waals surface area contributed by atoms with Crippen LogP contribution in [-0.2, 0) is 4.79 Å². The largest absolute Gasteiger partial charge is 0.361 e. The minimum absolute atomic E-state index is 0.0557. The van der Waals surface area contributed by atoms with Crippen molar-refractivity contribution < 1.29 is 9.72 Å². The third kappa shape index (κ3) is 2.69. The van der Waals surface area contributed by atoms with Crippen molar-refractivity contribution in [2.45, 2.75) is 19.3 Å². The van der Waals surface area contributed by atoms with E-state index in [-0.39, 0.29) is 11.5 Å². The molecule has 0 heterocycles. The summed E-state index contributed by atoms with van der Waals surface area (Å²) in [7, 11) is 0. The summed E-state index contributed by atoms with van der Waals surface area (Å²) >= 11 is 0.